The zero-order chi connectivity index (χ0) is 22.7. The quantitative estimate of drug-likeness (QED) is 0.392. The third-order valence-electron chi connectivity index (χ3n) is 5.44. The van der Waals surface area contributed by atoms with E-state index in [9.17, 15) is 24.9 Å². The maximum atomic E-state index is 13.1. The highest BCUT2D eigenvalue weighted by molar-refractivity contribution is 6.31. The van der Waals surface area contributed by atoms with Crippen molar-refractivity contribution < 1.29 is 29.6 Å². The van der Waals surface area contributed by atoms with Crippen LogP contribution in [0.3, 0.4) is 0 Å². The molecule has 7 heteroatoms. The van der Waals surface area contributed by atoms with Gasteiger partial charge in [0, 0.05) is 25.2 Å². The summed E-state index contributed by atoms with van der Waals surface area (Å²) < 4.78 is 5.86. The number of carbonyl (C=O) groups excluding carboxylic acids is 2. The van der Waals surface area contributed by atoms with Crippen molar-refractivity contribution in [1.82, 2.24) is 4.90 Å². The van der Waals surface area contributed by atoms with Gasteiger partial charge in [-0.15, -0.1) is 0 Å². The van der Waals surface area contributed by atoms with Crippen LogP contribution >= 0.6 is 0 Å². The van der Waals surface area contributed by atoms with Crippen molar-refractivity contribution in [2.75, 3.05) is 26.3 Å². The van der Waals surface area contributed by atoms with Gasteiger partial charge in [-0.2, -0.15) is 0 Å². The van der Waals surface area contributed by atoms with Crippen molar-refractivity contribution in [3.8, 4) is 17.2 Å². The number of aromatic hydroxyl groups is 2. The molecule has 4 rings (SSSR count). The summed E-state index contributed by atoms with van der Waals surface area (Å²) in [4.78, 5) is 28.1. The average Bonchev–Trinajstić information content (AvgIpc) is 2.79. The van der Waals surface area contributed by atoms with E-state index in [1.165, 1.54) is 30.3 Å². The van der Waals surface area contributed by atoms with Crippen LogP contribution in [0.15, 0.2) is 60.7 Å². The van der Waals surface area contributed by atoms with Gasteiger partial charge in [0.2, 0.25) is 5.78 Å². The summed E-state index contributed by atoms with van der Waals surface area (Å²) in [6.07, 6.45) is 0. The lowest BCUT2D eigenvalue weighted by atomic mass is 9.82. The molecule has 0 atom stereocenters. The Morgan fingerprint density at radius 3 is 2.25 bits per heavy atom. The largest absolute Gasteiger partial charge is 0.507 e. The molecule has 0 bridgehead atoms. The Labute approximate surface area is 185 Å². The number of aliphatic hydroxyl groups excluding tert-OH is 1. The predicted octanol–water partition coefficient (Wildman–Crippen LogP) is 2.75. The summed E-state index contributed by atoms with van der Waals surface area (Å²) in [6.45, 7) is 1.72. The average molecular weight is 433 g/mol. The van der Waals surface area contributed by atoms with Crippen molar-refractivity contribution in [3.63, 3.8) is 0 Å². The van der Waals surface area contributed by atoms with Crippen molar-refractivity contribution in [2.45, 2.75) is 6.54 Å². The van der Waals surface area contributed by atoms with Crippen molar-refractivity contribution >= 4 is 11.6 Å². The first-order valence-electron chi connectivity index (χ1n) is 10.3. The second-order valence-electron chi connectivity index (χ2n) is 7.52. The Morgan fingerprint density at radius 1 is 0.750 bits per heavy atom. The normalized spacial score (nSPS) is 12.6. The summed E-state index contributed by atoms with van der Waals surface area (Å²) in [6, 6.07) is 16.8. The maximum Gasteiger partial charge on any atom is 0.202 e. The van der Waals surface area contributed by atoms with E-state index in [1.807, 2.05) is 35.2 Å². The highest BCUT2D eigenvalue weighted by Gasteiger charge is 2.36. The molecule has 0 amide bonds. The van der Waals surface area contributed by atoms with Gasteiger partial charge in [0.05, 0.1) is 23.3 Å². The second-order valence-corrected chi connectivity index (χ2v) is 7.52. The van der Waals surface area contributed by atoms with E-state index in [0.717, 1.165) is 5.56 Å². The predicted molar refractivity (Wildman–Crippen MR) is 117 cm³/mol. The van der Waals surface area contributed by atoms with Crippen LogP contribution in [-0.4, -0.2) is 58.1 Å². The van der Waals surface area contributed by atoms with Gasteiger partial charge < -0.3 is 20.1 Å². The molecule has 0 aliphatic heterocycles. The molecule has 0 unspecified atom stereocenters. The first-order chi connectivity index (χ1) is 15.5. The topological polar surface area (TPSA) is 107 Å². The number of hydrogen-bond donors (Lipinski definition) is 3. The lowest BCUT2D eigenvalue weighted by Crippen LogP contribution is -2.31. The van der Waals surface area contributed by atoms with E-state index in [-0.39, 0.29) is 52.7 Å². The molecule has 0 radical (unpaired) electrons. The number of aliphatic hydroxyl groups is 1. The van der Waals surface area contributed by atoms with Gasteiger partial charge in [-0.25, -0.2) is 0 Å². The molecule has 0 heterocycles. The smallest absolute Gasteiger partial charge is 0.202 e. The Bertz CT molecular complexity index is 1160. The highest BCUT2D eigenvalue weighted by Crippen LogP contribution is 2.40. The molecule has 3 N–H and O–H groups in total. The fourth-order valence-corrected chi connectivity index (χ4v) is 3.91. The number of nitrogens with zero attached hydrogens (tertiary/aromatic N) is 1. The maximum absolute atomic E-state index is 13.1. The number of phenols is 2. The minimum absolute atomic E-state index is 0.00943. The summed E-state index contributed by atoms with van der Waals surface area (Å²) in [5.74, 6) is -1.56. The molecule has 0 fully saturated rings. The van der Waals surface area contributed by atoms with Crippen LogP contribution in [0.4, 0.5) is 0 Å². The number of ether oxygens (including phenoxy) is 1. The van der Waals surface area contributed by atoms with Crippen LogP contribution < -0.4 is 4.74 Å². The fourth-order valence-electron chi connectivity index (χ4n) is 3.91. The molecule has 0 spiro atoms. The first-order valence-corrected chi connectivity index (χ1v) is 10.3. The van der Waals surface area contributed by atoms with Gasteiger partial charge in [-0.1, -0.05) is 42.5 Å². The van der Waals surface area contributed by atoms with Crippen LogP contribution in [0, 0.1) is 0 Å². The molecule has 3 aromatic carbocycles. The highest BCUT2D eigenvalue weighted by atomic mass is 16.5. The van der Waals surface area contributed by atoms with Gasteiger partial charge in [0.1, 0.15) is 23.9 Å². The molecule has 32 heavy (non-hydrogen) atoms. The Hall–Kier alpha value is -3.68. The SMILES string of the molecule is O=C1c2cccc(O)c2C(=O)c2c(OCCN(CCO)Cc3ccccc3)ccc(O)c21. The lowest BCUT2D eigenvalue weighted by molar-refractivity contribution is 0.0969. The molecule has 164 valence electrons. The number of ketones is 2. The van der Waals surface area contributed by atoms with E-state index in [1.54, 1.807) is 0 Å². The fraction of sp³-hybridized carbons (Fsp3) is 0.200. The number of phenolic OH excluding ortho intramolecular Hbond substituents is 2. The van der Waals surface area contributed by atoms with Crippen LogP contribution in [-0.2, 0) is 6.54 Å². The van der Waals surface area contributed by atoms with Gasteiger partial charge in [-0.3, -0.25) is 14.5 Å². The summed E-state index contributed by atoms with van der Waals surface area (Å²) in [7, 11) is 0. The minimum atomic E-state index is -0.574. The molecule has 0 saturated heterocycles. The molecule has 0 saturated carbocycles. The van der Waals surface area contributed by atoms with E-state index >= 15 is 0 Å². The molecule has 7 nitrogen and oxygen atoms in total. The van der Waals surface area contributed by atoms with Gasteiger partial charge in [-0.05, 0) is 23.8 Å². The van der Waals surface area contributed by atoms with Gasteiger partial charge >= 0.3 is 0 Å². The Kier molecular flexibility index (Phi) is 6.20. The van der Waals surface area contributed by atoms with Crippen LogP contribution in [0.2, 0.25) is 0 Å². The summed E-state index contributed by atoms with van der Waals surface area (Å²) >= 11 is 0. The zero-order valence-electron chi connectivity index (χ0n) is 17.3. The summed E-state index contributed by atoms with van der Waals surface area (Å²) in [5, 5.41) is 29.8. The summed E-state index contributed by atoms with van der Waals surface area (Å²) in [5.41, 5.74) is 0.872. The van der Waals surface area contributed by atoms with E-state index in [0.29, 0.717) is 19.6 Å². The molecule has 0 aromatic heterocycles. The Balaban J connectivity index is 1.56. The third-order valence-corrected chi connectivity index (χ3v) is 5.44. The minimum Gasteiger partial charge on any atom is -0.507 e. The number of benzene rings is 3. The zero-order valence-corrected chi connectivity index (χ0v) is 17.3. The van der Waals surface area contributed by atoms with Gasteiger partial charge in [0.15, 0.2) is 5.78 Å². The molecule has 1 aliphatic rings. The lowest BCUT2D eigenvalue weighted by Gasteiger charge is -2.24. The Morgan fingerprint density at radius 2 is 1.50 bits per heavy atom. The van der Waals surface area contributed by atoms with Crippen molar-refractivity contribution in [2.24, 2.45) is 0 Å². The van der Waals surface area contributed by atoms with Crippen molar-refractivity contribution in [3.05, 3.63) is 88.5 Å². The first kappa shape index (κ1) is 21.5. The van der Waals surface area contributed by atoms with E-state index < -0.39 is 11.6 Å². The monoisotopic (exact) mass is 433 g/mol. The van der Waals surface area contributed by atoms with E-state index in [2.05, 4.69) is 0 Å². The molecule has 3 aromatic rings. The molecular formula is C25H23NO6. The molecule has 1 aliphatic carbocycles. The number of rotatable bonds is 8. The van der Waals surface area contributed by atoms with Crippen LogP contribution in [0.1, 0.15) is 37.4 Å². The van der Waals surface area contributed by atoms with Crippen molar-refractivity contribution in [1.29, 1.82) is 0 Å². The van der Waals surface area contributed by atoms with E-state index in [4.69, 9.17) is 4.74 Å². The standard InChI is InChI=1S/C25H23NO6/c27-13-11-26(15-16-5-2-1-3-6-16)12-14-32-20-10-9-19(29)22-23(20)25(31)21-17(24(22)30)7-4-8-18(21)28/h1-10,27-29H,11-15H2. The number of hydrogen-bond acceptors (Lipinski definition) is 7. The van der Waals surface area contributed by atoms with Crippen LogP contribution in [0.5, 0.6) is 17.2 Å². The van der Waals surface area contributed by atoms with Crippen LogP contribution in [0.25, 0.3) is 0 Å². The third kappa shape index (κ3) is 4.08. The molecular weight excluding hydrogens is 410 g/mol. The number of fused-ring (bicyclic) bond motifs is 2. The number of carbonyl (C=O) groups is 2. The van der Waals surface area contributed by atoms with Gasteiger partial charge in [0.25, 0.3) is 0 Å². The second kappa shape index (κ2) is 9.21.